The van der Waals surface area contributed by atoms with Crippen molar-refractivity contribution in [3.63, 3.8) is 0 Å². The molecule has 1 N–H and O–H groups in total. The van der Waals surface area contributed by atoms with Crippen LogP contribution in [-0.4, -0.2) is 18.7 Å². The van der Waals surface area contributed by atoms with Crippen molar-refractivity contribution in [3.05, 3.63) is 28.2 Å². The number of hydrogen-bond acceptors (Lipinski definition) is 2. The van der Waals surface area contributed by atoms with Crippen LogP contribution >= 0.6 is 15.9 Å². The molecule has 0 bridgehead atoms. The molecule has 0 heterocycles. The Labute approximate surface area is 106 Å². The summed E-state index contributed by atoms with van der Waals surface area (Å²) in [5.41, 5.74) is 2.30. The molecule has 0 radical (unpaired) electrons. The molecule has 0 atom stereocenters. The predicted octanol–water partition coefficient (Wildman–Crippen LogP) is 3.42. The summed E-state index contributed by atoms with van der Waals surface area (Å²) in [7, 11) is 2.06. The summed E-state index contributed by atoms with van der Waals surface area (Å²) < 4.78 is 1.00. The zero-order valence-electron chi connectivity index (χ0n) is 10.4. The van der Waals surface area contributed by atoms with Crippen molar-refractivity contribution in [2.75, 3.05) is 18.5 Å². The molecule has 3 heteroatoms. The monoisotopic (exact) mass is 285 g/mol. The molecule has 0 saturated heterocycles. The van der Waals surface area contributed by atoms with Crippen LogP contribution in [0.5, 0.6) is 0 Å². The van der Waals surface area contributed by atoms with E-state index in [9.17, 15) is 5.11 Å². The summed E-state index contributed by atoms with van der Waals surface area (Å²) in [5.74, 6) is 0. The number of benzene rings is 1. The van der Waals surface area contributed by atoms with Crippen LogP contribution in [0.3, 0.4) is 0 Å². The molecule has 0 aromatic heterocycles. The second-order valence-electron chi connectivity index (χ2n) is 5.35. The van der Waals surface area contributed by atoms with E-state index in [-0.39, 0.29) is 12.0 Å². The Morgan fingerprint density at radius 2 is 1.94 bits per heavy atom. The molecule has 0 saturated carbocycles. The molecule has 0 aliphatic heterocycles. The van der Waals surface area contributed by atoms with Crippen molar-refractivity contribution in [1.29, 1.82) is 0 Å². The maximum atomic E-state index is 9.34. The number of rotatable bonds is 3. The van der Waals surface area contributed by atoms with E-state index < -0.39 is 0 Å². The van der Waals surface area contributed by atoms with E-state index in [1.807, 2.05) is 18.2 Å². The van der Waals surface area contributed by atoms with Gasteiger partial charge in [0.15, 0.2) is 0 Å². The molecular weight excluding hydrogens is 266 g/mol. The highest BCUT2D eigenvalue weighted by Crippen LogP contribution is 2.26. The smallest absolute Gasteiger partial charge is 0.0702 e. The minimum atomic E-state index is 0.0727. The second kappa shape index (κ2) is 5.19. The number of aliphatic hydroxyl groups excluding tert-OH is 1. The van der Waals surface area contributed by atoms with Crippen molar-refractivity contribution in [2.45, 2.75) is 27.4 Å². The fourth-order valence-corrected chi connectivity index (χ4v) is 2.26. The number of halogens is 1. The largest absolute Gasteiger partial charge is 0.392 e. The van der Waals surface area contributed by atoms with E-state index in [4.69, 9.17) is 0 Å². The van der Waals surface area contributed by atoms with Gasteiger partial charge in [-0.2, -0.15) is 0 Å². The van der Waals surface area contributed by atoms with Gasteiger partial charge in [0, 0.05) is 29.3 Å². The van der Waals surface area contributed by atoms with Gasteiger partial charge in [-0.25, -0.2) is 0 Å². The van der Waals surface area contributed by atoms with Crippen LogP contribution < -0.4 is 4.90 Å². The van der Waals surface area contributed by atoms with Crippen LogP contribution in [0, 0.1) is 5.41 Å². The van der Waals surface area contributed by atoms with Gasteiger partial charge in [-0.1, -0.05) is 36.7 Å². The summed E-state index contributed by atoms with van der Waals surface area (Å²) in [5, 5.41) is 9.34. The molecule has 0 spiro atoms. The highest BCUT2D eigenvalue weighted by Gasteiger charge is 2.15. The summed E-state index contributed by atoms with van der Waals surface area (Å²) in [4.78, 5) is 2.19. The van der Waals surface area contributed by atoms with Crippen molar-refractivity contribution in [2.24, 2.45) is 5.41 Å². The van der Waals surface area contributed by atoms with E-state index in [1.165, 1.54) is 0 Å². The average Bonchev–Trinajstić information content (AvgIpc) is 2.14. The summed E-state index contributed by atoms with van der Waals surface area (Å²) in [6, 6.07) is 6.02. The predicted molar refractivity (Wildman–Crippen MR) is 72.8 cm³/mol. The van der Waals surface area contributed by atoms with Crippen molar-refractivity contribution < 1.29 is 5.11 Å². The van der Waals surface area contributed by atoms with E-state index in [0.29, 0.717) is 0 Å². The Morgan fingerprint density at radius 3 is 2.44 bits per heavy atom. The van der Waals surface area contributed by atoms with Crippen LogP contribution in [0.4, 0.5) is 5.69 Å². The Bertz CT molecular complexity index is 357. The molecule has 2 nitrogen and oxygen atoms in total. The molecule has 0 amide bonds. The van der Waals surface area contributed by atoms with Gasteiger partial charge in [0.2, 0.25) is 0 Å². The van der Waals surface area contributed by atoms with Crippen molar-refractivity contribution in [3.8, 4) is 0 Å². The van der Waals surface area contributed by atoms with Gasteiger partial charge < -0.3 is 10.0 Å². The quantitative estimate of drug-likeness (QED) is 0.920. The highest BCUT2D eigenvalue weighted by molar-refractivity contribution is 9.10. The first kappa shape index (κ1) is 13.5. The molecule has 0 unspecified atom stereocenters. The molecule has 16 heavy (non-hydrogen) atoms. The van der Waals surface area contributed by atoms with Gasteiger partial charge >= 0.3 is 0 Å². The lowest BCUT2D eigenvalue weighted by Gasteiger charge is -2.29. The molecule has 0 aliphatic carbocycles. The molecular formula is C13H20BrNO. The molecule has 1 aromatic rings. The van der Waals surface area contributed by atoms with Gasteiger partial charge in [0.25, 0.3) is 0 Å². The maximum absolute atomic E-state index is 9.34. The van der Waals surface area contributed by atoms with Crippen LogP contribution in [0.2, 0.25) is 0 Å². The van der Waals surface area contributed by atoms with Crippen molar-refractivity contribution in [1.82, 2.24) is 0 Å². The first-order valence-corrected chi connectivity index (χ1v) is 6.23. The summed E-state index contributed by atoms with van der Waals surface area (Å²) in [6.07, 6.45) is 0. The van der Waals surface area contributed by atoms with Crippen LogP contribution in [0.25, 0.3) is 0 Å². The Kier molecular flexibility index (Phi) is 4.39. The number of anilines is 1. The van der Waals surface area contributed by atoms with E-state index in [2.05, 4.69) is 48.6 Å². The normalized spacial score (nSPS) is 11.6. The highest BCUT2D eigenvalue weighted by atomic mass is 79.9. The molecule has 1 aromatic carbocycles. The number of hydrogen-bond donors (Lipinski definition) is 1. The summed E-state index contributed by atoms with van der Waals surface area (Å²) >= 11 is 3.42. The van der Waals surface area contributed by atoms with Gasteiger partial charge in [0.05, 0.1) is 6.61 Å². The third-order valence-electron chi connectivity index (χ3n) is 2.33. The Hall–Kier alpha value is -0.540. The van der Waals surface area contributed by atoms with Crippen LogP contribution in [0.15, 0.2) is 22.7 Å². The van der Waals surface area contributed by atoms with E-state index >= 15 is 0 Å². The van der Waals surface area contributed by atoms with E-state index in [0.717, 1.165) is 22.3 Å². The standard InChI is InChI=1S/C13H20BrNO/c1-13(2,3)9-15(4)12-6-5-11(14)7-10(12)8-16/h5-7,16H,8-9H2,1-4H3. The van der Waals surface area contributed by atoms with Gasteiger partial charge in [-0.05, 0) is 23.6 Å². The fraction of sp³-hybridized carbons (Fsp3) is 0.538. The van der Waals surface area contributed by atoms with Crippen molar-refractivity contribution >= 4 is 21.6 Å². The second-order valence-corrected chi connectivity index (χ2v) is 6.26. The lowest BCUT2D eigenvalue weighted by Crippen LogP contribution is -2.29. The third kappa shape index (κ3) is 3.80. The SMILES string of the molecule is CN(CC(C)(C)C)c1ccc(Br)cc1CO. The number of nitrogens with zero attached hydrogens (tertiary/aromatic N) is 1. The van der Waals surface area contributed by atoms with Gasteiger partial charge in [-0.3, -0.25) is 0 Å². The van der Waals surface area contributed by atoms with Gasteiger partial charge in [-0.15, -0.1) is 0 Å². The molecule has 0 aliphatic rings. The average molecular weight is 286 g/mol. The fourth-order valence-electron chi connectivity index (χ4n) is 1.85. The summed E-state index contributed by atoms with van der Waals surface area (Å²) in [6.45, 7) is 7.66. The Balaban J connectivity index is 2.94. The number of aliphatic hydroxyl groups is 1. The van der Waals surface area contributed by atoms with Crippen LogP contribution in [0.1, 0.15) is 26.3 Å². The zero-order valence-corrected chi connectivity index (χ0v) is 12.0. The van der Waals surface area contributed by atoms with Gasteiger partial charge in [0.1, 0.15) is 0 Å². The maximum Gasteiger partial charge on any atom is 0.0702 e. The lowest BCUT2D eigenvalue weighted by atomic mass is 9.96. The lowest BCUT2D eigenvalue weighted by molar-refractivity contribution is 0.281. The minimum Gasteiger partial charge on any atom is -0.392 e. The Morgan fingerprint density at radius 1 is 1.31 bits per heavy atom. The zero-order chi connectivity index (χ0) is 12.3. The third-order valence-corrected chi connectivity index (χ3v) is 2.83. The topological polar surface area (TPSA) is 23.5 Å². The van der Waals surface area contributed by atoms with E-state index in [1.54, 1.807) is 0 Å². The minimum absolute atomic E-state index is 0.0727. The van der Waals surface area contributed by atoms with Crippen LogP contribution in [-0.2, 0) is 6.61 Å². The first-order chi connectivity index (χ1) is 7.33. The molecule has 1 rings (SSSR count). The molecule has 0 fully saturated rings. The first-order valence-electron chi connectivity index (χ1n) is 5.44. The molecule has 90 valence electrons.